The van der Waals surface area contributed by atoms with Crippen molar-refractivity contribution < 1.29 is 4.39 Å². The van der Waals surface area contributed by atoms with Gasteiger partial charge in [0.05, 0.1) is 10.9 Å². The predicted octanol–water partition coefficient (Wildman–Crippen LogP) is 2.01. The predicted molar refractivity (Wildman–Crippen MR) is 40.8 cm³/mol. The summed E-state index contributed by atoms with van der Waals surface area (Å²) in [5.41, 5.74) is 1.66. The number of rotatable bonds is 0. The highest BCUT2D eigenvalue weighted by atomic mass is 19.1. The molecule has 1 heterocycles. The molecule has 11 heavy (non-hydrogen) atoms. The molecule has 0 radical (unpaired) electrons. The molecule has 0 fully saturated rings. The van der Waals surface area contributed by atoms with Crippen LogP contribution in [0.3, 0.4) is 0 Å². The van der Waals surface area contributed by atoms with Crippen LogP contribution in [0.1, 0.15) is 5.56 Å². The smallest absolute Gasteiger partial charge is 0.240 e. The monoisotopic (exact) mass is 150 g/mol. The molecule has 2 nitrogen and oxygen atoms in total. The van der Waals surface area contributed by atoms with Gasteiger partial charge in [-0.2, -0.15) is 4.39 Å². The Morgan fingerprint density at radius 3 is 3.00 bits per heavy atom. The number of aromatic amines is 1. The molecule has 0 atom stereocenters. The second-order valence-electron chi connectivity index (χ2n) is 2.51. The molecule has 0 aliphatic carbocycles. The molecule has 0 bridgehead atoms. The van der Waals surface area contributed by atoms with Gasteiger partial charge in [-0.15, -0.1) is 5.10 Å². The van der Waals surface area contributed by atoms with Crippen LogP contribution in [0.15, 0.2) is 18.2 Å². The van der Waals surface area contributed by atoms with Crippen molar-refractivity contribution in [2.24, 2.45) is 0 Å². The molecule has 1 aromatic carbocycles. The van der Waals surface area contributed by atoms with Crippen molar-refractivity contribution >= 4 is 10.9 Å². The zero-order chi connectivity index (χ0) is 7.84. The topological polar surface area (TPSA) is 28.7 Å². The van der Waals surface area contributed by atoms with Crippen LogP contribution < -0.4 is 0 Å². The summed E-state index contributed by atoms with van der Waals surface area (Å²) < 4.78 is 12.9. The summed E-state index contributed by atoms with van der Waals surface area (Å²) in [7, 11) is 0. The summed E-state index contributed by atoms with van der Waals surface area (Å²) in [6.45, 7) is 1.86. The van der Waals surface area contributed by atoms with Gasteiger partial charge in [-0.1, -0.05) is 12.1 Å². The van der Waals surface area contributed by atoms with Crippen molar-refractivity contribution in [3.63, 3.8) is 0 Å². The first-order valence-corrected chi connectivity index (χ1v) is 3.38. The first-order chi connectivity index (χ1) is 5.29. The Morgan fingerprint density at radius 2 is 2.27 bits per heavy atom. The Hall–Kier alpha value is -1.38. The lowest BCUT2D eigenvalue weighted by atomic mass is 10.1. The highest BCUT2D eigenvalue weighted by Crippen LogP contribution is 2.17. The standard InChI is InChI=1S/C8H7FN2/c1-5-3-2-4-6-7(5)8(9)11-10-6/h2-4H,1H3,(H,10,11). The first kappa shape index (κ1) is 6.34. The average Bonchev–Trinajstić information content (AvgIpc) is 2.34. The van der Waals surface area contributed by atoms with E-state index in [9.17, 15) is 4.39 Å². The van der Waals surface area contributed by atoms with Crippen molar-refractivity contribution in [2.45, 2.75) is 6.92 Å². The summed E-state index contributed by atoms with van der Waals surface area (Å²) >= 11 is 0. The summed E-state index contributed by atoms with van der Waals surface area (Å²) in [6.07, 6.45) is 0. The summed E-state index contributed by atoms with van der Waals surface area (Å²) in [5, 5.41) is 6.66. The molecule has 2 rings (SSSR count). The number of aryl methyl sites for hydroxylation is 1. The van der Waals surface area contributed by atoms with E-state index in [1.165, 1.54) is 0 Å². The van der Waals surface area contributed by atoms with Crippen LogP contribution in [-0.4, -0.2) is 10.2 Å². The van der Waals surface area contributed by atoms with Gasteiger partial charge in [0.25, 0.3) is 0 Å². The van der Waals surface area contributed by atoms with E-state index in [0.29, 0.717) is 5.39 Å². The minimum Gasteiger partial charge on any atom is -0.275 e. The maximum Gasteiger partial charge on any atom is 0.240 e. The van der Waals surface area contributed by atoms with Crippen LogP contribution in [-0.2, 0) is 0 Å². The first-order valence-electron chi connectivity index (χ1n) is 3.38. The van der Waals surface area contributed by atoms with Gasteiger partial charge in [-0.05, 0) is 18.6 Å². The molecule has 0 saturated heterocycles. The van der Waals surface area contributed by atoms with Gasteiger partial charge >= 0.3 is 0 Å². The summed E-state index contributed by atoms with van der Waals surface area (Å²) in [4.78, 5) is 0. The Bertz CT molecular complexity index is 392. The fourth-order valence-corrected chi connectivity index (χ4v) is 1.20. The van der Waals surface area contributed by atoms with Gasteiger partial charge in [0, 0.05) is 0 Å². The van der Waals surface area contributed by atoms with Crippen molar-refractivity contribution in [2.75, 3.05) is 0 Å². The van der Waals surface area contributed by atoms with Gasteiger partial charge < -0.3 is 0 Å². The zero-order valence-corrected chi connectivity index (χ0v) is 6.06. The Kier molecular flexibility index (Phi) is 1.18. The summed E-state index contributed by atoms with van der Waals surface area (Å²) in [6, 6.07) is 5.54. The number of fused-ring (bicyclic) bond motifs is 1. The molecule has 0 saturated carbocycles. The molecule has 2 aromatic rings. The lowest BCUT2D eigenvalue weighted by Crippen LogP contribution is -1.76. The minimum atomic E-state index is -0.418. The van der Waals surface area contributed by atoms with Gasteiger partial charge in [-0.3, -0.25) is 5.10 Å². The van der Waals surface area contributed by atoms with Gasteiger partial charge in [0.1, 0.15) is 0 Å². The Labute approximate surface area is 63.0 Å². The molecule has 0 spiro atoms. The molecule has 0 aliphatic rings. The number of benzene rings is 1. The van der Waals surface area contributed by atoms with E-state index in [-0.39, 0.29) is 0 Å². The number of hydrogen-bond acceptors (Lipinski definition) is 1. The number of nitrogens with one attached hydrogen (secondary N) is 1. The minimum absolute atomic E-state index is 0.418. The highest BCUT2D eigenvalue weighted by molar-refractivity contribution is 5.81. The molecule has 56 valence electrons. The Balaban J connectivity index is 2.96. The van der Waals surface area contributed by atoms with E-state index >= 15 is 0 Å². The number of hydrogen-bond donors (Lipinski definition) is 1. The third-order valence-corrected chi connectivity index (χ3v) is 1.75. The normalized spacial score (nSPS) is 10.7. The lowest BCUT2D eigenvalue weighted by molar-refractivity contribution is 0.588. The van der Waals surface area contributed by atoms with Crippen molar-refractivity contribution in [3.05, 3.63) is 29.7 Å². The van der Waals surface area contributed by atoms with Crippen molar-refractivity contribution in [1.82, 2.24) is 10.2 Å². The molecule has 0 aliphatic heterocycles. The third-order valence-electron chi connectivity index (χ3n) is 1.75. The van der Waals surface area contributed by atoms with Crippen LogP contribution >= 0.6 is 0 Å². The quantitative estimate of drug-likeness (QED) is 0.611. The second kappa shape index (κ2) is 2.05. The fraction of sp³-hybridized carbons (Fsp3) is 0.125. The number of aromatic nitrogens is 2. The van der Waals surface area contributed by atoms with Gasteiger partial charge in [0.2, 0.25) is 5.95 Å². The second-order valence-corrected chi connectivity index (χ2v) is 2.51. The molecule has 0 unspecified atom stereocenters. The van der Waals surface area contributed by atoms with E-state index in [4.69, 9.17) is 0 Å². The van der Waals surface area contributed by atoms with E-state index in [2.05, 4.69) is 10.2 Å². The van der Waals surface area contributed by atoms with Gasteiger partial charge in [-0.25, -0.2) is 0 Å². The number of nitrogens with zero attached hydrogens (tertiary/aromatic N) is 1. The maximum atomic E-state index is 12.9. The van der Waals surface area contributed by atoms with Crippen molar-refractivity contribution in [3.8, 4) is 0 Å². The zero-order valence-electron chi connectivity index (χ0n) is 6.06. The molecular weight excluding hydrogens is 143 g/mol. The third kappa shape index (κ3) is 0.808. The molecule has 1 N–H and O–H groups in total. The Morgan fingerprint density at radius 1 is 1.45 bits per heavy atom. The van der Waals surface area contributed by atoms with Crippen LogP contribution in [0.2, 0.25) is 0 Å². The number of halogens is 1. The SMILES string of the molecule is Cc1cccc2[nH]nc(F)c12. The highest BCUT2D eigenvalue weighted by Gasteiger charge is 2.05. The van der Waals surface area contributed by atoms with Crippen LogP contribution in [0.5, 0.6) is 0 Å². The molecule has 3 heteroatoms. The van der Waals surface area contributed by atoms with E-state index < -0.39 is 5.95 Å². The maximum absolute atomic E-state index is 12.9. The van der Waals surface area contributed by atoms with E-state index in [1.807, 2.05) is 19.1 Å². The molecule has 0 amide bonds. The van der Waals surface area contributed by atoms with Crippen LogP contribution in [0.4, 0.5) is 4.39 Å². The van der Waals surface area contributed by atoms with E-state index in [1.54, 1.807) is 6.07 Å². The molecular formula is C8H7FN2. The van der Waals surface area contributed by atoms with Gasteiger partial charge in [0.15, 0.2) is 0 Å². The fourth-order valence-electron chi connectivity index (χ4n) is 1.20. The number of H-pyrrole nitrogens is 1. The molecule has 1 aromatic heterocycles. The average molecular weight is 150 g/mol. The largest absolute Gasteiger partial charge is 0.275 e. The lowest BCUT2D eigenvalue weighted by Gasteiger charge is -1.91. The summed E-state index contributed by atoms with van der Waals surface area (Å²) in [5.74, 6) is -0.418. The van der Waals surface area contributed by atoms with Crippen molar-refractivity contribution in [1.29, 1.82) is 0 Å². The van der Waals surface area contributed by atoms with E-state index in [0.717, 1.165) is 11.1 Å². The van der Waals surface area contributed by atoms with Crippen LogP contribution in [0.25, 0.3) is 10.9 Å². The van der Waals surface area contributed by atoms with Crippen LogP contribution in [0, 0.1) is 12.9 Å².